The summed E-state index contributed by atoms with van der Waals surface area (Å²) in [4.78, 5) is 0.449. The highest BCUT2D eigenvalue weighted by atomic mass is 32.2. The number of hydrogen-bond donors (Lipinski definition) is 1. The van der Waals surface area contributed by atoms with Crippen molar-refractivity contribution in [3.63, 3.8) is 0 Å². The maximum atomic E-state index is 13.6. The summed E-state index contributed by atoms with van der Waals surface area (Å²) in [5.41, 5.74) is 6.84. The van der Waals surface area contributed by atoms with Gasteiger partial charge in [0.05, 0.1) is 0 Å². The minimum atomic E-state index is -2.45. The Morgan fingerprint density at radius 3 is 2.22 bits per heavy atom. The number of halogens is 3. The van der Waals surface area contributed by atoms with Gasteiger partial charge in [0, 0.05) is 16.1 Å². The van der Waals surface area contributed by atoms with Gasteiger partial charge >= 0.3 is 0 Å². The first-order valence-electron chi connectivity index (χ1n) is 5.16. The van der Waals surface area contributed by atoms with Crippen LogP contribution in [0.2, 0.25) is 0 Å². The van der Waals surface area contributed by atoms with E-state index in [-0.39, 0.29) is 0 Å². The van der Waals surface area contributed by atoms with Crippen molar-refractivity contribution in [3.8, 4) is 11.1 Å². The van der Waals surface area contributed by atoms with Crippen LogP contribution in [0.1, 0.15) is 0 Å². The maximum Gasteiger partial charge on any atom is 0.288 e. The van der Waals surface area contributed by atoms with E-state index in [9.17, 15) is 13.2 Å². The van der Waals surface area contributed by atoms with Gasteiger partial charge in [-0.25, -0.2) is 4.39 Å². The highest BCUT2D eigenvalue weighted by molar-refractivity contribution is 7.99. The Hall–Kier alpha value is -1.62. The van der Waals surface area contributed by atoms with Crippen molar-refractivity contribution in [2.24, 2.45) is 0 Å². The Morgan fingerprint density at radius 2 is 1.67 bits per heavy atom. The van der Waals surface area contributed by atoms with E-state index < -0.39 is 11.6 Å². The summed E-state index contributed by atoms with van der Waals surface area (Å²) in [6, 6.07) is 10.7. The summed E-state index contributed by atoms with van der Waals surface area (Å²) in [5, 5.41) is 0. The number of thioether (sulfide) groups is 1. The van der Waals surface area contributed by atoms with Crippen LogP contribution in [-0.4, -0.2) is 5.76 Å². The van der Waals surface area contributed by atoms with Gasteiger partial charge in [-0.3, -0.25) is 0 Å². The molecule has 0 radical (unpaired) electrons. The summed E-state index contributed by atoms with van der Waals surface area (Å²) in [7, 11) is 0. The quantitative estimate of drug-likeness (QED) is 0.660. The van der Waals surface area contributed by atoms with Crippen molar-refractivity contribution in [1.82, 2.24) is 0 Å². The number of benzene rings is 2. The van der Waals surface area contributed by atoms with E-state index in [1.807, 2.05) is 0 Å². The Kier molecular flexibility index (Phi) is 3.81. The third kappa shape index (κ3) is 2.98. The fourth-order valence-corrected chi connectivity index (χ4v) is 2.08. The highest BCUT2D eigenvalue weighted by Crippen LogP contribution is 2.29. The van der Waals surface area contributed by atoms with E-state index in [0.717, 1.165) is 0 Å². The Morgan fingerprint density at radius 1 is 1.00 bits per heavy atom. The van der Waals surface area contributed by atoms with E-state index in [1.165, 1.54) is 6.07 Å². The molecular weight excluding hydrogens is 259 g/mol. The molecule has 2 aromatic carbocycles. The van der Waals surface area contributed by atoms with E-state index in [4.69, 9.17) is 5.73 Å². The molecule has 0 unspecified atom stereocenters. The lowest BCUT2D eigenvalue weighted by Gasteiger charge is -2.06. The van der Waals surface area contributed by atoms with Crippen molar-refractivity contribution < 1.29 is 13.2 Å². The lowest BCUT2D eigenvalue weighted by molar-refractivity contribution is 0.252. The molecule has 0 amide bonds. The van der Waals surface area contributed by atoms with Crippen LogP contribution in [0, 0.1) is 5.82 Å². The molecule has 0 aliphatic rings. The summed E-state index contributed by atoms with van der Waals surface area (Å²) in [6.07, 6.45) is 0. The second-order valence-electron chi connectivity index (χ2n) is 3.64. The minimum absolute atomic E-state index is 0.348. The summed E-state index contributed by atoms with van der Waals surface area (Å²) in [6.45, 7) is 0. The molecule has 18 heavy (non-hydrogen) atoms. The van der Waals surface area contributed by atoms with Gasteiger partial charge in [-0.1, -0.05) is 23.9 Å². The summed E-state index contributed by atoms with van der Waals surface area (Å²) < 4.78 is 37.9. The number of nitrogens with two attached hydrogens (primary N) is 1. The van der Waals surface area contributed by atoms with Gasteiger partial charge in [0.25, 0.3) is 5.76 Å². The molecule has 0 aliphatic carbocycles. The van der Waals surface area contributed by atoms with Gasteiger partial charge in [0.15, 0.2) is 0 Å². The van der Waals surface area contributed by atoms with Crippen LogP contribution in [0.25, 0.3) is 11.1 Å². The zero-order valence-corrected chi connectivity index (χ0v) is 10.1. The van der Waals surface area contributed by atoms with Crippen LogP contribution in [0.15, 0.2) is 47.4 Å². The SMILES string of the molecule is Nc1ccc(-c2ccc(SC(F)F)cc2)c(F)c1. The molecule has 2 rings (SSSR count). The van der Waals surface area contributed by atoms with Crippen molar-refractivity contribution in [2.75, 3.05) is 5.73 Å². The third-order valence-corrected chi connectivity index (χ3v) is 3.11. The number of hydrogen-bond acceptors (Lipinski definition) is 2. The van der Waals surface area contributed by atoms with E-state index in [0.29, 0.717) is 33.5 Å². The number of nitrogen functional groups attached to an aromatic ring is 1. The van der Waals surface area contributed by atoms with Crippen LogP contribution in [0.3, 0.4) is 0 Å². The van der Waals surface area contributed by atoms with E-state index in [2.05, 4.69) is 0 Å². The minimum Gasteiger partial charge on any atom is -0.399 e. The molecule has 0 fully saturated rings. The maximum absolute atomic E-state index is 13.6. The van der Waals surface area contributed by atoms with E-state index in [1.54, 1.807) is 36.4 Å². The fraction of sp³-hybridized carbons (Fsp3) is 0.0769. The molecule has 0 atom stereocenters. The van der Waals surface area contributed by atoms with Crippen LogP contribution < -0.4 is 5.73 Å². The second kappa shape index (κ2) is 5.35. The van der Waals surface area contributed by atoms with Crippen molar-refractivity contribution in [3.05, 3.63) is 48.3 Å². The normalized spacial score (nSPS) is 10.9. The zero-order valence-electron chi connectivity index (χ0n) is 9.24. The average Bonchev–Trinajstić information content (AvgIpc) is 2.30. The van der Waals surface area contributed by atoms with Gasteiger partial charge in [0.1, 0.15) is 5.82 Å². The molecular formula is C13H10F3NS. The first-order valence-corrected chi connectivity index (χ1v) is 6.04. The highest BCUT2D eigenvalue weighted by Gasteiger charge is 2.08. The summed E-state index contributed by atoms with van der Waals surface area (Å²) in [5.74, 6) is -2.88. The molecule has 0 spiro atoms. The molecule has 0 bridgehead atoms. The van der Waals surface area contributed by atoms with Gasteiger partial charge in [0.2, 0.25) is 0 Å². The van der Waals surface area contributed by atoms with Gasteiger partial charge in [-0.15, -0.1) is 0 Å². The molecule has 0 saturated carbocycles. The molecule has 0 aromatic heterocycles. The first kappa shape index (κ1) is 12.8. The zero-order chi connectivity index (χ0) is 13.1. The molecule has 0 heterocycles. The Bertz CT molecular complexity index is 540. The van der Waals surface area contributed by atoms with Crippen LogP contribution in [-0.2, 0) is 0 Å². The first-order chi connectivity index (χ1) is 8.56. The molecule has 2 N–H and O–H groups in total. The molecule has 94 valence electrons. The number of alkyl halides is 2. The average molecular weight is 269 g/mol. The number of rotatable bonds is 3. The second-order valence-corrected chi connectivity index (χ2v) is 4.71. The predicted molar refractivity (Wildman–Crippen MR) is 68.1 cm³/mol. The lowest BCUT2D eigenvalue weighted by atomic mass is 10.1. The largest absolute Gasteiger partial charge is 0.399 e. The summed E-state index contributed by atoms with van der Waals surface area (Å²) >= 11 is 0.462. The molecule has 5 heteroatoms. The molecule has 0 aliphatic heterocycles. The Balaban J connectivity index is 2.28. The fourth-order valence-electron chi connectivity index (χ4n) is 1.58. The van der Waals surface area contributed by atoms with E-state index >= 15 is 0 Å². The number of anilines is 1. The monoisotopic (exact) mass is 269 g/mol. The van der Waals surface area contributed by atoms with Gasteiger partial charge in [-0.05, 0) is 35.9 Å². The van der Waals surface area contributed by atoms with Crippen molar-refractivity contribution in [1.29, 1.82) is 0 Å². The smallest absolute Gasteiger partial charge is 0.288 e. The van der Waals surface area contributed by atoms with Crippen molar-refractivity contribution >= 4 is 17.4 Å². The van der Waals surface area contributed by atoms with Gasteiger partial charge in [-0.2, -0.15) is 8.78 Å². The standard InChI is InChI=1S/C13H10F3NS/c14-12-7-9(17)3-6-11(12)8-1-4-10(5-2-8)18-13(15)16/h1-7,13H,17H2. The third-order valence-electron chi connectivity index (χ3n) is 2.38. The van der Waals surface area contributed by atoms with Crippen LogP contribution in [0.5, 0.6) is 0 Å². The van der Waals surface area contributed by atoms with Crippen molar-refractivity contribution in [2.45, 2.75) is 10.7 Å². The van der Waals surface area contributed by atoms with Crippen LogP contribution >= 0.6 is 11.8 Å². The van der Waals surface area contributed by atoms with Gasteiger partial charge < -0.3 is 5.73 Å². The molecule has 2 aromatic rings. The van der Waals surface area contributed by atoms with Crippen LogP contribution in [0.4, 0.5) is 18.9 Å². The predicted octanol–water partition coefficient (Wildman–Crippen LogP) is 4.39. The lowest BCUT2D eigenvalue weighted by Crippen LogP contribution is -1.89. The molecule has 1 nitrogen and oxygen atoms in total. The Labute approximate surface area is 107 Å². The topological polar surface area (TPSA) is 26.0 Å². The molecule has 0 saturated heterocycles.